The van der Waals surface area contributed by atoms with Gasteiger partial charge in [-0.1, -0.05) is 18.9 Å². The van der Waals surface area contributed by atoms with Crippen LogP contribution >= 0.6 is 24.0 Å². The molecule has 150 valence electrons. The van der Waals surface area contributed by atoms with Crippen LogP contribution in [0.15, 0.2) is 23.2 Å². The number of benzene rings is 1. The Balaban J connectivity index is 0.00000210. The third-order valence-corrected chi connectivity index (χ3v) is 5.50. The Morgan fingerprint density at radius 3 is 2.67 bits per heavy atom. The molecule has 0 radical (unpaired) electrons. The van der Waals surface area contributed by atoms with Gasteiger partial charge in [-0.05, 0) is 36.5 Å². The fourth-order valence-corrected chi connectivity index (χ4v) is 3.75. The summed E-state index contributed by atoms with van der Waals surface area (Å²) in [6.07, 6.45) is 5.52. The van der Waals surface area contributed by atoms with Crippen LogP contribution in [0.2, 0.25) is 0 Å². The Labute approximate surface area is 179 Å². The van der Waals surface area contributed by atoms with Crippen LogP contribution in [0.1, 0.15) is 31.2 Å². The van der Waals surface area contributed by atoms with Gasteiger partial charge in [0.05, 0.1) is 0 Å². The van der Waals surface area contributed by atoms with Crippen molar-refractivity contribution in [1.29, 1.82) is 0 Å². The number of rotatable bonds is 6. The van der Waals surface area contributed by atoms with Crippen molar-refractivity contribution in [3.8, 4) is 11.5 Å². The van der Waals surface area contributed by atoms with Crippen LogP contribution in [-0.4, -0.2) is 62.3 Å². The van der Waals surface area contributed by atoms with Gasteiger partial charge in [0.2, 0.25) is 6.79 Å². The first kappa shape index (κ1) is 20.5. The SMILES string of the molecule is CN=C(NCCCC1CC1)N1CCN(Cc2ccc3c(c2)OCO3)CC1.I. The average molecular weight is 486 g/mol. The molecule has 0 unspecified atom stereocenters. The van der Waals surface area contributed by atoms with E-state index < -0.39 is 0 Å². The number of aliphatic imine (C=N–C) groups is 1. The van der Waals surface area contributed by atoms with E-state index in [4.69, 9.17) is 9.47 Å². The van der Waals surface area contributed by atoms with Crippen LogP contribution in [0.3, 0.4) is 0 Å². The fraction of sp³-hybridized carbons (Fsp3) is 0.650. The minimum Gasteiger partial charge on any atom is -0.454 e. The average Bonchev–Trinajstić information content (AvgIpc) is 3.38. The molecule has 1 aromatic rings. The van der Waals surface area contributed by atoms with Crippen LogP contribution in [0.5, 0.6) is 11.5 Å². The van der Waals surface area contributed by atoms with Gasteiger partial charge in [0.1, 0.15) is 0 Å². The van der Waals surface area contributed by atoms with Gasteiger partial charge in [-0.15, -0.1) is 24.0 Å². The number of piperazine rings is 1. The zero-order chi connectivity index (χ0) is 17.8. The second kappa shape index (κ2) is 9.82. The molecule has 3 aliphatic rings. The highest BCUT2D eigenvalue weighted by Gasteiger charge is 2.22. The van der Waals surface area contributed by atoms with E-state index in [1.165, 1.54) is 31.2 Å². The monoisotopic (exact) mass is 486 g/mol. The van der Waals surface area contributed by atoms with Crippen molar-refractivity contribution < 1.29 is 9.47 Å². The summed E-state index contributed by atoms with van der Waals surface area (Å²) < 4.78 is 10.9. The number of guanidine groups is 1. The highest BCUT2D eigenvalue weighted by Crippen LogP contribution is 2.33. The predicted molar refractivity (Wildman–Crippen MR) is 118 cm³/mol. The van der Waals surface area contributed by atoms with E-state index >= 15 is 0 Å². The molecular weight excluding hydrogens is 455 g/mol. The van der Waals surface area contributed by atoms with Crippen molar-refractivity contribution in [3.05, 3.63) is 23.8 Å². The van der Waals surface area contributed by atoms with Crippen molar-refractivity contribution in [2.45, 2.75) is 32.2 Å². The highest BCUT2D eigenvalue weighted by atomic mass is 127. The summed E-state index contributed by atoms with van der Waals surface area (Å²) in [5, 5.41) is 3.54. The molecule has 4 rings (SSSR count). The Bertz CT molecular complexity index is 643. The van der Waals surface area contributed by atoms with Gasteiger partial charge < -0.3 is 19.7 Å². The molecule has 1 saturated heterocycles. The Kier molecular flexibility index (Phi) is 7.46. The first-order valence-electron chi connectivity index (χ1n) is 9.88. The summed E-state index contributed by atoms with van der Waals surface area (Å²) in [6, 6.07) is 6.26. The number of hydrogen-bond acceptors (Lipinski definition) is 4. The smallest absolute Gasteiger partial charge is 0.231 e. The molecule has 0 aromatic heterocycles. The lowest BCUT2D eigenvalue weighted by Gasteiger charge is -2.36. The van der Waals surface area contributed by atoms with Gasteiger partial charge in [0.25, 0.3) is 0 Å². The topological polar surface area (TPSA) is 49.3 Å². The van der Waals surface area contributed by atoms with E-state index in [0.717, 1.165) is 62.6 Å². The molecule has 0 atom stereocenters. The summed E-state index contributed by atoms with van der Waals surface area (Å²) in [7, 11) is 1.89. The number of nitrogens with zero attached hydrogens (tertiary/aromatic N) is 3. The summed E-state index contributed by atoms with van der Waals surface area (Å²) >= 11 is 0. The van der Waals surface area contributed by atoms with E-state index in [0.29, 0.717) is 6.79 Å². The lowest BCUT2D eigenvalue weighted by molar-refractivity contribution is 0.171. The molecule has 0 bridgehead atoms. The second-order valence-electron chi connectivity index (χ2n) is 7.51. The van der Waals surface area contributed by atoms with Crippen LogP contribution in [-0.2, 0) is 6.54 Å². The molecule has 1 saturated carbocycles. The predicted octanol–water partition coefficient (Wildman–Crippen LogP) is 2.92. The lowest BCUT2D eigenvalue weighted by atomic mass is 10.1. The molecule has 7 heteroatoms. The number of halogens is 1. The van der Waals surface area contributed by atoms with Gasteiger partial charge in [0.15, 0.2) is 17.5 Å². The number of fused-ring (bicyclic) bond motifs is 1. The molecule has 0 amide bonds. The van der Waals surface area contributed by atoms with Gasteiger partial charge in [-0.25, -0.2) is 0 Å². The minimum absolute atomic E-state index is 0. The summed E-state index contributed by atoms with van der Waals surface area (Å²) in [4.78, 5) is 9.35. The third-order valence-electron chi connectivity index (χ3n) is 5.50. The largest absolute Gasteiger partial charge is 0.454 e. The van der Waals surface area contributed by atoms with Gasteiger partial charge >= 0.3 is 0 Å². The van der Waals surface area contributed by atoms with E-state index in [9.17, 15) is 0 Å². The number of hydrogen-bond donors (Lipinski definition) is 1. The number of ether oxygens (including phenoxy) is 2. The zero-order valence-electron chi connectivity index (χ0n) is 16.2. The van der Waals surface area contributed by atoms with E-state index in [1.807, 2.05) is 13.1 Å². The molecule has 1 aromatic carbocycles. The van der Waals surface area contributed by atoms with Crippen molar-refractivity contribution in [3.63, 3.8) is 0 Å². The standard InChI is InChI=1S/C20H30N4O2.HI/c1-21-20(22-8-2-3-16-4-5-16)24-11-9-23(10-12-24)14-17-6-7-18-19(13-17)26-15-25-18;/h6-7,13,16H,2-5,8-12,14-15H2,1H3,(H,21,22);1H. The van der Waals surface area contributed by atoms with Crippen LogP contribution in [0, 0.1) is 5.92 Å². The van der Waals surface area contributed by atoms with E-state index in [-0.39, 0.29) is 24.0 Å². The number of nitrogens with one attached hydrogen (secondary N) is 1. The van der Waals surface area contributed by atoms with E-state index in [2.05, 4.69) is 32.2 Å². The van der Waals surface area contributed by atoms with Gasteiger partial charge in [-0.2, -0.15) is 0 Å². The molecule has 2 fully saturated rings. The zero-order valence-corrected chi connectivity index (χ0v) is 18.5. The summed E-state index contributed by atoms with van der Waals surface area (Å²) in [5.74, 6) is 3.80. The molecule has 27 heavy (non-hydrogen) atoms. The first-order valence-corrected chi connectivity index (χ1v) is 9.88. The maximum Gasteiger partial charge on any atom is 0.231 e. The van der Waals surface area contributed by atoms with Gasteiger partial charge in [-0.3, -0.25) is 9.89 Å². The van der Waals surface area contributed by atoms with Crippen molar-refractivity contribution in [2.24, 2.45) is 10.9 Å². The Hall–Kier alpha value is -1.22. The van der Waals surface area contributed by atoms with Gasteiger partial charge in [0, 0.05) is 46.3 Å². The van der Waals surface area contributed by atoms with Crippen LogP contribution in [0.25, 0.3) is 0 Å². The van der Waals surface area contributed by atoms with Crippen molar-refractivity contribution in [1.82, 2.24) is 15.1 Å². The lowest BCUT2D eigenvalue weighted by Crippen LogP contribution is -2.52. The van der Waals surface area contributed by atoms with Crippen molar-refractivity contribution >= 4 is 29.9 Å². The maximum atomic E-state index is 5.48. The molecule has 1 aliphatic carbocycles. The summed E-state index contributed by atoms with van der Waals surface area (Å²) in [6.45, 7) is 6.48. The fourth-order valence-electron chi connectivity index (χ4n) is 3.75. The van der Waals surface area contributed by atoms with Crippen LogP contribution in [0.4, 0.5) is 0 Å². The molecule has 0 spiro atoms. The molecule has 2 aliphatic heterocycles. The van der Waals surface area contributed by atoms with E-state index in [1.54, 1.807) is 0 Å². The second-order valence-corrected chi connectivity index (χ2v) is 7.51. The highest BCUT2D eigenvalue weighted by molar-refractivity contribution is 14.0. The Morgan fingerprint density at radius 2 is 1.93 bits per heavy atom. The molecular formula is C20H31IN4O2. The van der Waals surface area contributed by atoms with Crippen molar-refractivity contribution in [2.75, 3.05) is 46.6 Å². The molecule has 6 nitrogen and oxygen atoms in total. The summed E-state index contributed by atoms with van der Waals surface area (Å²) in [5.41, 5.74) is 1.28. The Morgan fingerprint density at radius 1 is 1.15 bits per heavy atom. The molecule has 2 heterocycles. The molecule has 1 N–H and O–H groups in total. The normalized spacial score (nSPS) is 19.7. The first-order chi connectivity index (χ1) is 12.8. The van der Waals surface area contributed by atoms with Crippen LogP contribution < -0.4 is 14.8 Å². The third kappa shape index (κ3) is 5.63. The maximum absolute atomic E-state index is 5.48. The minimum atomic E-state index is 0. The quantitative estimate of drug-likeness (QED) is 0.290.